The smallest absolute Gasteiger partial charge is 0.335 e. The van der Waals surface area contributed by atoms with E-state index in [0.717, 1.165) is 76.3 Å². The van der Waals surface area contributed by atoms with Crippen LogP contribution in [0.2, 0.25) is 0 Å². The third kappa shape index (κ3) is 11.7. The first-order valence-corrected chi connectivity index (χ1v) is 24.1. The summed E-state index contributed by atoms with van der Waals surface area (Å²) in [7, 11) is -1.00. The molecule has 0 aromatic heterocycles. The number of hydrogen-bond acceptors (Lipinski definition) is 7. The highest BCUT2D eigenvalue weighted by Crippen LogP contribution is 2.35. The third-order valence-corrected chi connectivity index (χ3v) is 15.2. The maximum absolute atomic E-state index is 12.7. The second kappa shape index (κ2) is 23.1. The summed E-state index contributed by atoms with van der Waals surface area (Å²) in [5.41, 5.74) is 1.12. The van der Waals surface area contributed by atoms with Gasteiger partial charge in [0.05, 0.1) is 38.3 Å². The highest BCUT2D eigenvalue weighted by Gasteiger charge is 2.46. The number of piperidine rings is 4. The largest absolute Gasteiger partial charge is 0.478 e. The number of hydrogen-bond donors (Lipinski definition) is 4. The van der Waals surface area contributed by atoms with Crippen molar-refractivity contribution in [2.45, 2.75) is 151 Å². The summed E-state index contributed by atoms with van der Waals surface area (Å²) in [5, 5.41) is 18.3. The molecule has 10 rings (SSSR count). The van der Waals surface area contributed by atoms with E-state index in [4.69, 9.17) is 6.48 Å². The Kier molecular flexibility index (Phi) is 16.6. The van der Waals surface area contributed by atoms with Gasteiger partial charge in [-0.2, -0.15) is 0 Å². The van der Waals surface area contributed by atoms with Gasteiger partial charge in [-0.25, -0.2) is 14.4 Å². The molecule has 6 heterocycles. The van der Waals surface area contributed by atoms with E-state index in [1.54, 1.807) is 30.3 Å². The van der Waals surface area contributed by atoms with Crippen molar-refractivity contribution in [2.75, 3.05) is 59.5 Å². The first-order valence-electron chi connectivity index (χ1n) is 24.8. The molecular weight excluding hydrogens is 800 g/mol. The number of likely N-dealkylation sites (tertiary alicyclic amines) is 3. The van der Waals surface area contributed by atoms with E-state index < -0.39 is 13.1 Å². The molecule has 0 spiro atoms. The highest BCUT2D eigenvalue weighted by molar-refractivity contribution is 5.94. The number of carboxylic acid groups (broad SMARTS) is 1. The molecule has 0 unspecified atom stereocenters. The summed E-state index contributed by atoms with van der Waals surface area (Å²) in [6, 6.07) is 22.3. The number of amides is 5. The van der Waals surface area contributed by atoms with E-state index >= 15 is 0 Å². The number of carboxylic acids is 1. The van der Waals surface area contributed by atoms with Gasteiger partial charge in [-0.3, -0.25) is 9.18 Å². The van der Waals surface area contributed by atoms with Gasteiger partial charge < -0.3 is 45.6 Å². The number of carbonyl (C=O) groups excluding carboxylic acids is 3. The third-order valence-electron chi connectivity index (χ3n) is 15.2. The molecule has 13 nitrogen and oxygen atoms in total. The monoisotopic (exact) mass is 874 g/mol. The van der Waals surface area contributed by atoms with Crippen molar-refractivity contribution in [1.82, 2.24) is 40.4 Å². The molecule has 0 bridgehead atoms. The maximum atomic E-state index is 12.7. The number of nitrogens with zero attached hydrogens (tertiary/aromatic N) is 5. The molecule has 63 heavy (non-hydrogen) atoms. The molecule has 2 aromatic carbocycles. The van der Waals surface area contributed by atoms with E-state index in [1.807, 2.05) is 35.2 Å². The number of fused-ring (bicyclic) bond motifs is 2. The summed E-state index contributed by atoms with van der Waals surface area (Å²) in [6.45, 7) is 8.53. The van der Waals surface area contributed by atoms with Crippen LogP contribution in [0.1, 0.15) is 125 Å². The molecule has 4 N–H and O–H groups in total. The molecule has 8 fully saturated rings. The molecule has 2 aromatic rings. The van der Waals surface area contributed by atoms with Gasteiger partial charge in [0.1, 0.15) is 0 Å². The molecule has 5 amide bonds. The quantitative estimate of drug-likeness (QED) is 0.255. The van der Waals surface area contributed by atoms with Crippen molar-refractivity contribution in [3.05, 3.63) is 71.8 Å². The van der Waals surface area contributed by atoms with Crippen LogP contribution in [0, 0.1) is 0 Å². The van der Waals surface area contributed by atoms with Gasteiger partial charge in [0, 0.05) is 69.0 Å². The second-order valence-electron chi connectivity index (χ2n) is 18.7. The van der Waals surface area contributed by atoms with Crippen molar-refractivity contribution >= 4 is 23.9 Å². The van der Waals surface area contributed by atoms with Crippen LogP contribution in [-0.2, 0) is 0 Å². The van der Waals surface area contributed by atoms with E-state index in [1.165, 1.54) is 90.4 Å². The predicted octanol–water partition coefficient (Wildman–Crippen LogP) is 6.60. The Bertz CT molecular complexity index is 1770. The Balaban J connectivity index is 0.000000157. The van der Waals surface area contributed by atoms with Crippen LogP contribution < -0.4 is 16.0 Å². The molecule has 346 valence electrons. The van der Waals surface area contributed by atoms with Crippen LogP contribution in [-0.4, -0.2) is 161 Å². The minimum Gasteiger partial charge on any atom is -0.478 e. The number of halogens is 1. The molecule has 4 atom stereocenters. The van der Waals surface area contributed by atoms with Crippen molar-refractivity contribution in [3.63, 3.8) is 0 Å². The summed E-state index contributed by atoms with van der Waals surface area (Å²) >= 11 is 0. The Hall–Kier alpha value is -4.27. The fourth-order valence-electron chi connectivity index (χ4n) is 11.9. The average Bonchev–Trinajstić information content (AvgIpc) is 3.87. The molecule has 2 aliphatic carbocycles. The van der Waals surface area contributed by atoms with E-state index in [9.17, 15) is 23.6 Å². The lowest BCUT2D eigenvalue weighted by atomic mass is 9.89. The zero-order valence-electron chi connectivity index (χ0n) is 38.3. The zero-order valence-corrected chi connectivity index (χ0v) is 37.3. The van der Waals surface area contributed by atoms with Crippen LogP contribution in [0.3, 0.4) is 0 Å². The normalized spacial score (nSPS) is 27.8. The summed E-state index contributed by atoms with van der Waals surface area (Å²) in [5.74, 6) is -0.717. The molecular formula is C49H73FN8O5. The van der Waals surface area contributed by atoms with Gasteiger partial charge in [0.25, 0.3) is 5.91 Å². The number of benzene rings is 2. The van der Waals surface area contributed by atoms with Gasteiger partial charge in [0.2, 0.25) is 0 Å². The Morgan fingerprint density at radius 1 is 0.571 bits per heavy atom. The standard InChI is InChI=1S/C24H34N4O2.C17H30N4O.C7H6O2.CH3F/c29-23(18-6-2-1-3-7-18)27-16-10-19(11-17-27)26-14-12-20(13-15-26)28-22-9-5-4-8-21(22)25-24(28)30;22-17-19-15-3-1-2-4-16(15)21(17)14-7-11-20(12-8-14)13-5-9-18-10-6-13;8-7(9)6-4-2-1-3-5-6;1-2/h1-3,6-7,19-22H,4-5,8-17H2,(H,25,30);13-16,18H,1-12H2,(H,19,22);1-5H,(H,8,9);1H3/t21-,22+;15-,16+;;/m11../s1/i;;;1D. The first-order chi connectivity index (χ1) is 31.2. The van der Waals surface area contributed by atoms with Gasteiger partial charge in [-0.05, 0) is 114 Å². The Labute approximate surface area is 375 Å². The van der Waals surface area contributed by atoms with Crippen molar-refractivity contribution in [2.24, 2.45) is 0 Å². The maximum Gasteiger partial charge on any atom is 0.335 e. The Morgan fingerprint density at radius 3 is 1.40 bits per heavy atom. The molecule has 6 aliphatic heterocycles. The van der Waals surface area contributed by atoms with Gasteiger partial charge in [-0.15, -0.1) is 0 Å². The van der Waals surface area contributed by atoms with E-state index in [-0.39, 0.29) is 18.0 Å². The fourth-order valence-corrected chi connectivity index (χ4v) is 11.9. The van der Waals surface area contributed by atoms with Gasteiger partial charge in [0.15, 0.2) is 0 Å². The van der Waals surface area contributed by atoms with Crippen LogP contribution in [0.4, 0.5) is 14.0 Å². The first kappa shape index (κ1) is 45.3. The highest BCUT2D eigenvalue weighted by atomic mass is 19.1. The number of alkyl halides is 1. The van der Waals surface area contributed by atoms with Crippen LogP contribution in [0.25, 0.3) is 0 Å². The van der Waals surface area contributed by atoms with Crippen LogP contribution >= 0.6 is 0 Å². The van der Waals surface area contributed by atoms with Crippen LogP contribution in [0.15, 0.2) is 60.7 Å². The molecule has 8 aliphatic rings. The Morgan fingerprint density at radius 2 is 0.968 bits per heavy atom. The van der Waals surface area contributed by atoms with Crippen molar-refractivity contribution in [3.8, 4) is 0 Å². The van der Waals surface area contributed by atoms with E-state index in [2.05, 4.69) is 35.6 Å². The SMILES string of the molecule is O=C(O)c1ccccc1.O=C(c1ccccc1)N1CCC(N2CCC(N3C(=O)N[C@@H]4CCCC[C@@H]43)CC2)CC1.O=C1N[C@@H]2CCCC[C@@H]2N1C1CCN(C2CCNCC2)CC1.[2H]CF. The van der Waals surface area contributed by atoms with Crippen molar-refractivity contribution < 1.29 is 30.0 Å². The summed E-state index contributed by atoms with van der Waals surface area (Å²) < 4.78 is 15.5. The topological polar surface area (TPSA) is 141 Å². The number of aromatic carboxylic acids is 1. The van der Waals surface area contributed by atoms with Crippen LogP contribution in [0.5, 0.6) is 0 Å². The fraction of sp³-hybridized carbons (Fsp3) is 0.673. The molecule has 14 heteroatoms. The second-order valence-corrected chi connectivity index (χ2v) is 18.7. The van der Waals surface area contributed by atoms with Crippen molar-refractivity contribution in [1.29, 1.82) is 0 Å². The molecule has 6 saturated heterocycles. The average molecular weight is 874 g/mol. The minimum atomic E-state index is -1.00. The van der Waals surface area contributed by atoms with E-state index in [0.29, 0.717) is 47.9 Å². The lowest BCUT2D eigenvalue weighted by Crippen LogP contribution is -2.53. The van der Waals surface area contributed by atoms with Gasteiger partial charge >= 0.3 is 18.0 Å². The minimum absolute atomic E-state index is 0.162. The molecule has 0 radical (unpaired) electrons. The summed E-state index contributed by atoms with van der Waals surface area (Å²) in [6.07, 6.45) is 19.0. The zero-order chi connectivity index (χ0) is 44.8. The predicted molar refractivity (Wildman–Crippen MR) is 244 cm³/mol. The lowest BCUT2D eigenvalue weighted by Gasteiger charge is -2.44. The summed E-state index contributed by atoms with van der Waals surface area (Å²) in [4.78, 5) is 59.7. The number of nitrogens with one attached hydrogen (secondary N) is 3. The lowest BCUT2D eigenvalue weighted by molar-refractivity contribution is 0.0471. The number of urea groups is 2. The number of carbonyl (C=O) groups is 4. The number of rotatable bonds is 6. The van der Waals surface area contributed by atoms with Gasteiger partial charge in [-0.1, -0.05) is 62.1 Å². The molecule has 2 saturated carbocycles.